The number of nitrogens with zero attached hydrogens (tertiary/aromatic N) is 3. The number of hydrogen-bond donors (Lipinski definition) is 1. The van der Waals surface area contributed by atoms with E-state index in [1.807, 2.05) is 20.2 Å². The van der Waals surface area contributed by atoms with Gasteiger partial charge in [0.2, 0.25) is 0 Å². The highest BCUT2D eigenvalue weighted by Gasteiger charge is 2.04. The van der Waals surface area contributed by atoms with Crippen LogP contribution in [0.25, 0.3) is 22.4 Å². The summed E-state index contributed by atoms with van der Waals surface area (Å²) in [5.41, 5.74) is 5.08. The van der Waals surface area contributed by atoms with Crippen LogP contribution in [-0.2, 0) is 0 Å². The first kappa shape index (κ1) is 10.8. The van der Waals surface area contributed by atoms with Crippen molar-refractivity contribution in [1.29, 1.82) is 0 Å². The summed E-state index contributed by atoms with van der Waals surface area (Å²) in [5.74, 6) is 0. The Labute approximate surface area is 105 Å². The molecule has 90 valence electrons. The molecule has 0 spiro atoms. The second-order valence-corrected chi connectivity index (χ2v) is 4.41. The Kier molecular flexibility index (Phi) is 2.48. The fraction of sp³-hybridized carbons (Fsp3) is 0.143. The van der Waals surface area contributed by atoms with Crippen LogP contribution in [0.2, 0.25) is 0 Å². The molecule has 4 heteroatoms. The molecule has 0 radical (unpaired) electrons. The van der Waals surface area contributed by atoms with Gasteiger partial charge in [0, 0.05) is 37.9 Å². The first-order valence-electron chi connectivity index (χ1n) is 5.81. The van der Waals surface area contributed by atoms with Gasteiger partial charge < -0.3 is 9.88 Å². The van der Waals surface area contributed by atoms with Gasteiger partial charge in [-0.05, 0) is 23.8 Å². The van der Waals surface area contributed by atoms with Gasteiger partial charge >= 0.3 is 0 Å². The lowest BCUT2D eigenvalue weighted by Gasteiger charge is -2.12. The molecule has 0 saturated carbocycles. The normalized spacial score (nSPS) is 10.8. The van der Waals surface area contributed by atoms with Gasteiger partial charge in [0.15, 0.2) is 5.65 Å². The number of aromatic nitrogens is 3. The van der Waals surface area contributed by atoms with E-state index in [2.05, 4.69) is 44.1 Å². The van der Waals surface area contributed by atoms with Crippen LogP contribution in [0.5, 0.6) is 0 Å². The zero-order valence-electron chi connectivity index (χ0n) is 10.4. The highest BCUT2D eigenvalue weighted by atomic mass is 15.1. The number of rotatable bonds is 2. The first-order valence-corrected chi connectivity index (χ1v) is 5.81. The number of nitrogens with one attached hydrogen (secondary N) is 1. The number of benzene rings is 1. The Balaban J connectivity index is 2.03. The third-order valence-corrected chi connectivity index (χ3v) is 2.96. The zero-order valence-corrected chi connectivity index (χ0v) is 10.4. The maximum Gasteiger partial charge on any atom is 0.156 e. The van der Waals surface area contributed by atoms with Gasteiger partial charge in [-0.15, -0.1) is 0 Å². The standard InChI is InChI=1S/C14H14N4/c1-18(2)11-5-3-10(4-6-11)12-9-13-14(17-12)16-8-7-15-13/h3-9H,1-2H3,(H,16,17). The van der Waals surface area contributed by atoms with E-state index in [1.54, 1.807) is 12.4 Å². The van der Waals surface area contributed by atoms with Crippen LogP contribution in [0.15, 0.2) is 42.7 Å². The highest BCUT2D eigenvalue weighted by Crippen LogP contribution is 2.23. The molecule has 0 saturated heterocycles. The summed E-state index contributed by atoms with van der Waals surface area (Å²) in [6.07, 6.45) is 3.40. The molecule has 1 aromatic carbocycles. The van der Waals surface area contributed by atoms with Gasteiger partial charge in [0.25, 0.3) is 0 Å². The molecule has 2 aromatic heterocycles. The smallest absolute Gasteiger partial charge is 0.156 e. The number of hydrogen-bond acceptors (Lipinski definition) is 3. The van der Waals surface area contributed by atoms with E-state index in [4.69, 9.17) is 0 Å². The molecule has 0 atom stereocenters. The quantitative estimate of drug-likeness (QED) is 0.746. The molecular weight excluding hydrogens is 224 g/mol. The zero-order chi connectivity index (χ0) is 12.5. The summed E-state index contributed by atoms with van der Waals surface area (Å²) in [4.78, 5) is 13.9. The minimum atomic E-state index is 0.823. The molecular formula is C14H14N4. The molecule has 3 aromatic rings. The second-order valence-electron chi connectivity index (χ2n) is 4.41. The summed E-state index contributed by atoms with van der Waals surface area (Å²) in [7, 11) is 4.07. The van der Waals surface area contributed by atoms with Crippen molar-refractivity contribution < 1.29 is 0 Å². The Morgan fingerprint density at radius 2 is 1.72 bits per heavy atom. The molecule has 3 rings (SSSR count). The van der Waals surface area contributed by atoms with Gasteiger partial charge in [-0.1, -0.05) is 12.1 Å². The summed E-state index contributed by atoms with van der Waals surface area (Å²) < 4.78 is 0. The van der Waals surface area contributed by atoms with Crippen LogP contribution >= 0.6 is 0 Å². The van der Waals surface area contributed by atoms with Crippen LogP contribution in [0.3, 0.4) is 0 Å². The van der Waals surface area contributed by atoms with Gasteiger partial charge in [-0.2, -0.15) is 0 Å². The van der Waals surface area contributed by atoms with Crippen molar-refractivity contribution in [3.63, 3.8) is 0 Å². The highest BCUT2D eigenvalue weighted by molar-refractivity contribution is 5.79. The van der Waals surface area contributed by atoms with Crippen molar-refractivity contribution in [3.8, 4) is 11.3 Å². The molecule has 0 unspecified atom stereocenters. The predicted octanol–water partition coefficient (Wildman–Crippen LogP) is 2.69. The van der Waals surface area contributed by atoms with Crippen molar-refractivity contribution in [1.82, 2.24) is 15.0 Å². The van der Waals surface area contributed by atoms with Gasteiger partial charge in [-0.25, -0.2) is 4.98 Å². The number of aromatic amines is 1. The van der Waals surface area contributed by atoms with E-state index in [1.165, 1.54) is 5.69 Å². The lowest BCUT2D eigenvalue weighted by Crippen LogP contribution is -2.07. The van der Waals surface area contributed by atoms with Crippen molar-refractivity contribution >= 4 is 16.9 Å². The van der Waals surface area contributed by atoms with E-state index < -0.39 is 0 Å². The minimum Gasteiger partial charge on any atom is -0.378 e. The molecule has 0 bridgehead atoms. The fourth-order valence-corrected chi connectivity index (χ4v) is 1.95. The summed E-state index contributed by atoms with van der Waals surface area (Å²) in [6, 6.07) is 10.4. The Morgan fingerprint density at radius 3 is 2.39 bits per heavy atom. The summed E-state index contributed by atoms with van der Waals surface area (Å²) in [5, 5.41) is 0. The van der Waals surface area contributed by atoms with Crippen molar-refractivity contribution in [2.45, 2.75) is 0 Å². The first-order chi connectivity index (χ1) is 8.74. The van der Waals surface area contributed by atoms with E-state index in [0.717, 1.165) is 22.4 Å². The lowest BCUT2D eigenvalue weighted by molar-refractivity contribution is 1.13. The van der Waals surface area contributed by atoms with E-state index in [9.17, 15) is 0 Å². The molecule has 2 heterocycles. The van der Waals surface area contributed by atoms with E-state index in [-0.39, 0.29) is 0 Å². The Bertz CT molecular complexity index is 635. The number of fused-ring (bicyclic) bond motifs is 1. The molecule has 0 fully saturated rings. The Hall–Kier alpha value is -2.36. The topological polar surface area (TPSA) is 44.8 Å². The Morgan fingerprint density at radius 1 is 1.00 bits per heavy atom. The van der Waals surface area contributed by atoms with Gasteiger partial charge in [0.1, 0.15) is 5.52 Å². The molecule has 18 heavy (non-hydrogen) atoms. The summed E-state index contributed by atoms with van der Waals surface area (Å²) in [6.45, 7) is 0. The summed E-state index contributed by atoms with van der Waals surface area (Å²) >= 11 is 0. The molecule has 0 aliphatic rings. The van der Waals surface area contributed by atoms with Crippen LogP contribution in [0.1, 0.15) is 0 Å². The third-order valence-electron chi connectivity index (χ3n) is 2.96. The molecule has 0 aliphatic carbocycles. The van der Waals surface area contributed by atoms with Gasteiger partial charge in [-0.3, -0.25) is 4.98 Å². The predicted molar refractivity (Wildman–Crippen MR) is 73.7 cm³/mol. The number of H-pyrrole nitrogens is 1. The monoisotopic (exact) mass is 238 g/mol. The van der Waals surface area contributed by atoms with Crippen LogP contribution < -0.4 is 4.90 Å². The number of anilines is 1. The third kappa shape index (κ3) is 1.82. The average molecular weight is 238 g/mol. The fourth-order valence-electron chi connectivity index (χ4n) is 1.95. The van der Waals surface area contributed by atoms with E-state index in [0.29, 0.717) is 0 Å². The van der Waals surface area contributed by atoms with Crippen LogP contribution in [0, 0.1) is 0 Å². The molecule has 4 nitrogen and oxygen atoms in total. The maximum atomic E-state index is 4.27. The SMILES string of the molecule is CN(C)c1ccc(-c2cc3nccnc3[nH]2)cc1. The second kappa shape index (κ2) is 4.14. The maximum absolute atomic E-state index is 4.27. The van der Waals surface area contributed by atoms with Crippen molar-refractivity contribution in [2.24, 2.45) is 0 Å². The minimum absolute atomic E-state index is 0.823. The molecule has 1 N–H and O–H groups in total. The van der Waals surface area contributed by atoms with Crippen LogP contribution in [-0.4, -0.2) is 29.0 Å². The van der Waals surface area contributed by atoms with E-state index >= 15 is 0 Å². The molecule has 0 amide bonds. The average Bonchev–Trinajstić information content (AvgIpc) is 2.82. The van der Waals surface area contributed by atoms with Gasteiger partial charge in [0.05, 0.1) is 0 Å². The van der Waals surface area contributed by atoms with Crippen molar-refractivity contribution in [3.05, 3.63) is 42.7 Å². The van der Waals surface area contributed by atoms with Crippen LogP contribution in [0.4, 0.5) is 5.69 Å². The molecule has 0 aliphatic heterocycles. The van der Waals surface area contributed by atoms with Crippen molar-refractivity contribution in [2.75, 3.05) is 19.0 Å². The largest absolute Gasteiger partial charge is 0.378 e. The lowest BCUT2D eigenvalue weighted by atomic mass is 10.1.